The highest BCUT2D eigenvalue weighted by atomic mass is 35.5. The lowest BCUT2D eigenvalue weighted by Gasteiger charge is -2.10. The molecule has 0 aliphatic heterocycles. The summed E-state index contributed by atoms with van der Waals surface area (Å²) in [5.41, 5.74) is 1.59. The smallest absolute Gasteiger partial charge is 0.150 e. The highest BCUT2D eigenvalue weighted by Crippen LogP contribution is 2.32. The van der Waals surface area contributed by atoms with Crippen molar-refractivity contribution in [3.63, 3.8) is 0 Å². The summed E-state index contributed by atoms with van der Waals surface area (Å²) in [6.07, 6.45) is 0.796. The van der Waals surface area contributed by atoms with E-state index in [-0.39, 0.29) is 0 Å². The lowest BCUT2D eigenvalue weighted by atomic mass is 10.2. The van der Waals surface area contributed by atoms with E-state index in [1.807, 2.05) is 19.1 Å². The van der Waals surface area contributed by atoms with Crippen LogP contribution in [0.4, 0.5) is 0 Å². The van der Waals surface area contributed by atoms with Crippen molar-refractivity contribution in [2.75, 3.05) is 0 Å². The van der Waals surface area contributed by atoms with Crippen molar-refractivity contribution in [1.82, 2.24) is 0 Å². The van der Waals surface area contributed by atoms with Gasteiger partial charge in [-0.3, -0.25) is 4.79 Å². The third-order valence-electron chi connectivity index (χ3n) is 2.40. The minimum atomic E-state index is 0.574. The Kier molecular flexibility index (Phi) is 3.45. The molecule has 0 saturated heterocycles. The van der Waals surface area contributed by atoms with Gasteiger partial charge in [-0.25, -0.2) is 0 Å². The van der Waals surface area contributed by atoms with Gasteiger partial charge in [-0.05, 0) is 42.8 Å². The van der Waals surface area contributed by atoms with Crippen molar-refractivity contribution in [3.8, 4) is 11.5 Å². The van der Waals surface area contributed by atoms with Crippen LogP contribution < -0.4 is 4.74 Å². The summed E-state index contributed by atoms with van der Waals surface area (Å²) >= 11 is 6.06. The first-order valence-corrected chi connectivity index (χ1v) is 5.56. The molecule has 2 nitrogen and oxygen atoms in total. The van der Waals surface area contributed by atoms with Crippen molar-refractivity contribution < 1.29 is 9.53 Å². The van der Waals surface area contributed by atoms with Crippen molar-refractivity contribution in [2.24, 2.45) is 0 Å². The Labute approximate surface area is 105 Å². The molecule has 0 amide bonds. The van der Waals surface area contributed by atoms with Gasteiger partial charge in [0.1, 0.15) is 17.8 Å². The van der Waals surface area contributed by atoms with Crippen LogP contribution in [-0.2, 0) is 0 Å². The third kappa shape index (κ3) is 2.66. The van der Waals surface area contributed by atoms with Gasteiger partial charge in [0.25, 0.3) is 0 Å². The summed E-state index contributed by atoms with van der Waals surface area (Å²) in [5.74, 6) is 1.31. The predicted octanol–water partition coefficient (Wildman–Crippen LogP) is 4.25. The number of aldehydes is 1. The van der Waals surface area contributed by atoms with E-state index in [2.05, 4.69) is 0 Å². The summed E-state index contributed by atoms with van der Waals surface area (Å²) in [4.78, 5) is 10.5. The highest BCUT2D eigenvalue weighted by molar-refractivity contribution is 6.32. The first kappa shape index (κ1) is 11.7. The van der Waals surface area contributed by atoms with Gasteiger partial charge in [-0.1, -0.05) is 23.7 Å². The van der Waals surface area contributed by atoms with Gasteiger partial charge in [0.15, 0.2) is 0 Å². The summed E-state index contributed by atoms with van der Waals surface area (Å²) in [7, 11) is 0. The van der Waals surface area contributed by atoms with Crippen LogP contribution in [0.3, 0.4) is 0 Å². The number of carbonyl (C=O) groups excluding carboxylic acids is 1. The molecule has 0 spiro atoms. The van der Waals surface area contributed by atoms with Crippen LogP contribution in [-0.4, -0.2) is 6.29 Å². The average molecular weight is 247 g/mol. The molecule has 86 valence electrons. The van der Waals surface area contributed by atoms with Gasteiger partial charge >= 0.3 is 0 Å². The largest absolute Gasteiger partial charge is 0.456 e. The zero-order valence-electron chi connectivity index (χ0n) is 9.31. The maximum absolute atomic E-state index is 10.5. The van der Waals surface area contributed by atoms with E-state index in [1.54, 1.807) is 30.3 Å². The molecule has 0 saturated carbocycles. The molecule has 0 radical (unpaired) electrons. The molecule has 0 N–H and O–H groups in total. The van der Waals surface area contributed by atoms with Crippen LogP contribution in [0.1, 0.15) is 15.9 Å². The Balaban J connectivity index is 2.28. The molecule has 3 heteroatoms. The van der Waals surface area contributed by atoms with Gasteiger partial charge < -0.3 is 4.74 Å². The molecular formula is C14H11ClO2. The Morgan fingerprint density at radius 3 is 2.41 bits per heavy atom. The van der Waals surface area contributed by atoms with Crippen LogP contribution in [0.5, 0.6) is 11.5 Å². The Morgan fingerprint density at radius 2 is 1.82 bits per heavy atom. The minimum Gasteiger partial charge on any atom is -0.456 e. The average Bonchev–Trinajstić information content (AvgIpc) is 2.35. The molecule has 0 aliphatic rings. The molecule has 17 heavy (non-hydrogen) atoms. The van der Waals surface area contributed by atoms with E-state index in [0.29, 0.717) is 22.1 Å². The minimum absolute atomic E-state index is 0.574. The van der Waals surface area contributed by atoms with E-state index in [4.69, 9.17) is 16.3 Å². The van der Waals surface area contributed by atoms with Crippen LogP contribution in [0, 0.1) is 6.92 Å². The summed E-state index contributed by atoms with van der Waals surface area (Å²) in [6, 6.07) is 12.5. The van der Waals surface area contributed by atoms with Gasteiger partial charge in [-0.2, -0.15) is 0 Å². The summed E-state index contributed by atoms with van der Waals surface area (Å²) in [5, 5.41) is 0.574. The molecule has 0 aliphatic carbocycles. The van der Waals surface area contributed by atoms with Gasteiger partial charge in [-0.15, -0.1) is 0 Å². The maximum Gasteiger partial charge on any atom is 0.150 e. The molecule has 0 bridgehead atoms. The number of para-hydroxylation sites is 1. The SMILES string of the molecule is Cc1cccc(Cl)c1Oc1ccc(C=O)cc1. The van der Waals surface area contributed by atoms with Gasteiger partial charge in [0.05, 0.1) is 5.02 Å². The Bertz CT molecular complexity index is 512. The number of carbonyl (C=O) groups is 1. The molecule has 0 unspecified atom stereocenters. The number of ether oxygens (including phenoxy) is 1. The van der Waals surface area contributed by atoms with Crippen molar-refractivity contribution >= 4 is 17.9 Å². The normalized spacial score (nSPS) is 10.0. The zero-order chi connectivity index (χ0) is 12.3. The number of aryl methyl sites for hydroxylation is 1. The van der Waals surface area contributed by atoms with E-state index in [0.717, 1.165) is 11.8 Å². The van der Waals surface area contributed by atoms with Gasteiger partial charge in [0, 0.05) is 5.56 Å². The van der Waals surface area contributed by atoms with Crippen LogP contribution in [0.2, 0.25) is 5.02 Å². The molecule has 2 aromatic rings. The molecule has 0 fully saturated rings. The first-order valence-electron chi connectivity index (χ1n) is 5.19. The second kappa shape index (κ2) is 5.02. The second-order valence-corrected chi connectivity index (χ2v) is 4.08. The number of hydrogen-bond acceptors (Lipinski definition) is 2. The number of benzene rings is 2. The zero-order valence-corrected chi connectivity index (χ0v) is 10.1. The van der Waals surface area contributed by atoms with Crippen LogP contribution in [0.15, 0.2) is 42.5 Å². The van der Waals surface area contributed by atoms with Crippen molar-refractivity contribution in [1.29, 1.82) is 0 Å². The number of rotatable bonds is 3. The monoisotopic (exact) mass is 246 g/mol. The first-order chi connectivity index (χ1) is 8.20. The fraction of sp³-hybridized carbons (Fsp3) is 0.0714. The number of halogens is 1. The van der Waals surface area contributed by atoms with E-state index in [1.165, 1.54) is 0 Å². The number of hydrogen-bond donors (Lipinski definition) is 0. The highest BCUT2D eigenvalue weighted by Gasteiger charge is 2.06. The molecular weight excluding hydrogens is 236 g/mol. The quantitative estimate of drug-likeness (QED) is 0.757. The molecule has 0 heterocycles. The fourth-order valence-corrected chi connectivity index (χ4v) is 1.74. The van der Waals surface area contributed by atoms with Crippen molar-refractivity contribution in [3.05, 3.63) is 58.6 Å². The Hall–Kier alpha value is -1.80. The van der Waals surface area contributed by atoms with Crippen molar-refractivity contribution in [2.45, 2.75) is 6.92 Å². The van der Waals surface area contributed by atoms with E-state index in [9.17, 15) is 4.79 Å². The Morgan fingerprint density at radius 1 is 1.12 bits per heavy atom. The lowest BCUT2D eigenvalue weighted by Crippen LogP contribution is -1.89. The fourth-order valence-electron chi connectivity index (χ4n) is 1.48. The topological polar surface area (TPSA) is 26.3 Å². The summed E-state index contributed by atoms with van der Waals surface area (Å²) < 4.78 is 5.69. The second-order valence-electron chi connectivity index (χ2n) is 3.67. The van der Waals surface area contributed by atoms with Gasteiger partial charge in [0.2, 0.25) is 0 Å². The lowest BCUT2D eigenvalue weighted by molar-refractivity contribution is 0.112. The van der Waals surface area contributed by atoms with E-state index < -0.39 is 0 Å². The molecule has 2 rings (SSSR count). The van der Waals surface area contributed by atoms with E-state index >= 15 is 0 Å². The standard InChI is InChI=1S/C14H11ClO2/c1-10-3-2-4-13(15)14(10)17-12-7-5-11(9-16)6-8-12/h2-9H,1H3. The molecule has 2 aromatic carbocycles. The maximum atomic E-state index is 10.5. The molecule has 0 atom stereocenters. The van der Waals surface area contributed by atoms with Crippen LogP contribution >= 0.6 is 11.6 Å². The predicted molar refractivity (Wildman–Crippen MR) is 68.1 cm³/mol. The third-order valence-corrected chi connectivity index (χ3v) is 2.70. The van der Waals surface area contributed by atoms with Crippen LogP contribution in [0.25, 0.3) is 0 Å². The summed E-state index contributed by atoms with van der Waals surface area (Å²) in [6.45, 7) is 1.93. The molecule has 0 aromatic heterocycles.